The highest BCUT2D eigenvalue weighted by Crippen LogP contribution is 2.34. The zero-order valence-electron chi connectivity index (χ0n) is 21.9. The molecule has 0 saturated carbocycles. The molecule has 0 saturated heterocycles. The Labute approximate surface area is 229 Å². The smallest absolute Gasteiger partial charge is 0.254 e. The van der Waals surface area contributed by atoms with Crippen LogP contribution in [0.15, 0.2) is 60.0 Å². The Morgan fingerprint density at radius 2 is 1.86 bits per heavy atom. The van der Waals surface area contributed by atoms with E-state index in [2.05, 4.69) is 37.4 Å². The van der Waals surface area contributed by atoms with Crippen LogP contribution in [-0.4, -0.2) is 47.9 Å². The number of hydrogen-bond donors (Lipinski definition) is 0. The lowest BCUT2D eigenvalue weighted by molar-refractivity contribution is -0.135. The number of ether oxygens (including phenoxy) is 1. The number of benzene rings is 2. The summed E-state index contributed by atoms with van der Waals surface area (Å²) in [6, 6.07) is 17.0. The number of rotatable bonds is 9. The summed E-state index contributed by atoms with van der Waals surface area (Å²) in [6.07, 6.45) is 0.810. The van der Waals surface area contributed by atoms with Gasteiger partial charge in [-0.25, -0.2) is 0 Å². The third-order valence-corrected chi connectivity index (χ3v) is 7.87. The fraction of sp³-hybridized carbons (Fsp3) is 0.400. The molecule has 5 nitrogen and oxygen atoms in total. The topological polar surface area (TPSA) is 49.9 Å². The zero-order valence-corrected chi connectivity index (χ0v) is 23.5. The lowest BCUT2D eigenvalue weighted by Crippen LogP contribution is -2.48. The minimum absolute atomic E-state index is 0.0165. The lowest BCUT2D eigenvalue weighted by Gasteiger charge is -2.37. The van der Waals surface area contributed by atoms with Gasteiger partial charge < -0.3 is 14.5 Å². The first-order chi connectivity index (χ1) is 17.7. The molecule has 1 aromatic heterocycles. The monoisotopic (exact) mass is 538 g/mol. The molecule has 0 aliphatic carbocycles. The van der Waals surface area contributed by atoms with Crippen LogP contribution in [0.25, 0.3) is 0 Å². The van der Waals surface area contributed by atoms with Crippen molar-refractivity contribution in [2.45, 2.75) is 46.1 Å². The van der Waals surface area contributed by atoms with Crippen LogP contribution in [0.2, 0.25) is 5.02 Å². The summed E-state index contributed by atoms with van der Waals surface area (Å²) in [6.45, 7) is 9.89. The normalized spacial score (nSPS) is 15.1. The van der Waals surface area contributed by atoms with Gasteiger partial charge in [0.05, 0.1) is 6.04 Å². The van der Waals surface area contributed by atoms with E-state index in [9.17, 15) is 9.59 Å². The molecule has 1 atom stereocenters. The summed E-state index contributed by atoms with van der Waals surface area (Å²) in [5.74, 6) is 1.20. The molecule has 0 bridgehead atoms. The van der Waals surface area contributed by atoms with Gasteiger partial charge in [-0.15, -0.1) is 11.3 Å². The number of carbonyl (C=O) groups excluding carboxylic acids is 2. The predicted octanol–water partition coefficient (Wildman–Crippen LogP) is 6.83. The molecule has 196 valence electrons. The van der Waals surface area contributed by atoms with E-state index in [0.717, 1.165) is 17.7 Å². The number of amides is 2. The van der Waals surface area contributed by atoms with Crippen LogP contribution < -0.4 is 4.74 Å². The van der Waals surface area contributed by atoms with E-state index in [-0.39, 0.29) is 30.3 Å². The number of nitrogens with zero attached hydrogens (tertiary/aromatic N) is 2. The van der Waals surface area contributed by atoms with Crippen LogP contribution in [0.5, 0.6) is 5.75 Å². The summed E-state index contributed by atoms with van der Waals surface area (Å²) in [5.41, 5.74) is 2.89. The van der Waals surface area contributed by atoms with E-state index < -0.39 is 0 Å². The highest BCUT2D eigenvalue weighted by molar-refractivity contribution is 7.10. The molecular formula is C30H35ClN2O3S. The molecule has 2 amide bonds. The molecule has 1 aliphatic rings. The molecule has 1 aliphatic heterocycles. The fourth-order valence-electron chi connectivity index (χ4n) is 4.72. The van der Waals surface area contributed by atoms with Gasteiger partial charge in [-0.2, -0.15) is 0 Å². The van der Waals surface area contributed by atoms with Gasteiger partial charge in [-0.05, 0) is 71.2 Å². The van der Waals surface area contributed by atoms with Crippen LogP contribution in [0, 0.1) is 5.92 Å². The van der Waals surface area contributed by atoms with E-state index in [1.807, 2.05) is 30.9 Å². The summed E-state index contributed by atoms with van der Waals surface area (Å²) >= 11 is 7.86. The Bertz CT molecular complexity index is 1220. The van der Waals surface area contributed by atoms with Crippen molar-refractivity contribution in [3.63, 3.8) is 0 Å². The van der Waals surface area contributed by atoms with Crippen molar-refractivity contribution >= 4 is 34.8 Å². The van der Waals surface area contributed by atoms with Gasteiger partial charge in [0.1, 0.15) is 18.9 Å². The molecule has 3 aromatic rings. The van der Waals surface area contributed by atoms with Crippen molar-refractivity contribution < 1.29 is 14.3 Å². The van der Waals surface area contributed by atoms with Crippen LogP contribution in [0.1, 0.15) is 66.0 Å². The summed E-state index contributed by atoms with van der Waals surface area (Å²) < 4.78 is 6.20. The number of carbonyl (C=O) groups is 2. The average Bonchev–Trinajstić information content (AvgIpc) is 3.35. The van der Waals surface area contributed by atoms with Crippen LogP contribution in [0.3, 0.4) is 0 Å². The quantitative estimate of drug-likeness (QED) is 0.300. The summed E-state index contributed by atoms with van der Waals surface area (Å²) in [5, 5.41) is 2.58. The first-order valence-corrected chi connectivity index (χ1v) is 14.1. The molecule has 0 fully saturated rings. The Morgan fingerprint density at radius 3 is 2.54 bits per heavy atom. The van der Waals surface area contributed by atoms with Crippen LogP contribution in [0.4, 0.5) is 0 Å². The Hall–Kier alpha value is -2.83. The van der Waals surface area contributed by atoms with E-state index in [4.69, 9.17) is 16.3 Å². The third kappa shape index (κ3) is 6.74. The second kappa shape index (κ2) is 12.1. The SMILES string of the molecule is CC(C)CN(CC(=O)N1CCc2sccc2[C@H]1COc1ccc(C(C)C)cc1)C(=O)c1cccc(Cl)c1. The molecule has 0 radical (unpaired) electrons. The van der Waals surface area contributed by atoms with Crippen LogP contribution in [-0.2, 0) is 11.2 Å². The maximum absolute atomic E-state index is 13.7. The molecule has 0 N–H and O–H groups in total. The zero-order chi connectivity index (χ0) is 26.5. The second-order valence-corrected chi connectivity index (χ2v) is 11.7. The van der Waals surface area contributed by atoms with Gasteiger partial charge in [0.2, 0.25) is 5.91 Å². The fourth-order valence-corrected chi connectivity index (χ4v) is 5.84. The van der Waals surface area contributed by atoms with Crippen molar-refractivity contribution in [1.82, 2.24) is 9.80 Å². The van der Waals surface area contributed by atoms with Gasteiger partial charge in [-0.1, -0.05) is 57.5 Å². The number of fused-ring (bicyclic) bond motifs is 1. The first-order valence-electron chi connectivity index (χ1n) is 12.9. The van der Waals surface area contributed by atoms with Crippen molar-refractivity contribution in [2.75, 3.05) is 26.2 Å². The van der Waals surface area contributed by atoms with E-state index in [1.54, 1.807) is 40.5 Å². The minimum Gasteiger partial charge on any atom is -0.491 e. The maximum atomic E-state index is 13.7. The van der Waals surface area contributed by atoms with Gasteiger partial charge in [0.25, 0.3) is 5.91 Å². The van der Waals surface area contributed by atoms with Crippen molar-refractivity contribution in [2.24, 2.45) is 5.92 Å². The predicted molar refractivity (Wildman–Crippen MR) is 151 cm³/mol. The van der Waals surface area contributed by atoms with E-state index in [0.29, 0.717) is 36.2 Å². The molecule has 2 heterocycles. The Kier molecular flexibility index (Phi) is 8.93. The summed E-state index contributed by atoms with van der Waals surface area (Å²) in [7, 11) is 0. The standard InChI is InChI=1S/C30H35ClN2O3S/c1-20(2)17-32(30(35)23-6-5-7-24(31)16-23)18-29(34)33-14-12-28-26(13-15-37-28)27(33)19-36-25-10-8-22(9-11-25)21(3)4/h5-11,13,15-16,20-21,27H,12,14,17-19H2,1-4H3/t27-/m1/s1. The Morgan fingerprint density at radius 1 is 1.11 bits per heavy atom. The molecule has 4 rings (SSSR count). The third-order valence-electron chi connectivity index (χ3n) is 6.64. The van der Waals surface area contributed by atoms with Crippen molar-refractivity contribution in [3.8, 4) is 5.75 Å². The minimum atomic E-state index is -0.200. The first kappa shape index (κ1) is 27.2. The van der Waals surface area contributed by atoms with Gasteiger partial charge in [0, 0.05) is 28.6 Å². The highest BCUT2D eigenvalue weighted by Gasteiger charge is 2.33. The maximum Gasteiger partial charge on any atom is 0.254 e. The molecular weight excluding hydrogens is 504 g/mol. The largest absolute Gasteiger partial charge is 0.491 e. The van der Waals surface area contributed by atoms with Crippen molar-refractivity contribution in [3.05, 3.63) is 86.6 Å². The van der Waals surface area contributed by atoms with Gasteiger partial charge >= 0.3 is 0 Å². The lowest BCUT2D eigenvalue weighted by atomic mass is 10.00. The molecule has 0 spiro atoms. The molecule has 2 aromatic carbocycles. The Balaban J connectivity index is 1.52. The molecule has 37 heavy (non-hydrogen) atoms. The van der Waals surface area contributed by atoms with Gasteiger partial charge in [-0.3, -0.25) is 9.59 Å². The van der Waals surface area contributed by atoms with Crippen molar-refractivity contribution in [1.29, 1.82) is 0 Å². The highest BCUT2D eigenvalue weighted by atomic mass is 35.5. The number of hydrogen-bond acceptors (Lipinski definition) is 4. The molecule has 7 heteroatoms. The van der Waals surface area contributed by atoms with Crippen LogP contribution >= 0.6 is 22.9 Å². The van der Waals surface area contributed by atoms with E-state index >= 15 is 0 Å². The van der Waals surface area contributed by atoms with Gasteiger partial charge in [0.15, 0.2) is 0 Å². The second-order valence-electron chi connectivity index (χ2n) is 10.3. The number of thiophene rings is 1. The molecule has 0 unspecified atom stereocenters. The average molecular weight is 539 g/mol. The summed E-state index contributed by atoms with van der Waals surface area (Å²) in [4.78, 5) is 31.9. The van der Waals surface area contributed by atoms with E-state index in [1.165, 1.54) is 10.4 Å². The number of halogens is 1.